The number of hydrogen-bond acceptors (Lipinski definition) is 2. The summed E-state index contributed by atoms with van der Waals surface area (Å²) in [5.74, 6) is 1.27. The number of likely N-dealkylation sites (tertiary alicyclic amines) is 1. The summed E-state index contributed by atoms with van der Waals surface area (Å²) in [6, 6.07) is 0.359. The monoisotopic (exact) mass is 296 g/mol. The predicted octanol–water partition coefficient (Wildman–Crippen LogP) is 3.15. The Labute approximate surface area is 129 Å². The number of aliphatic hydroxyl groups excluding tert-OH is 1. The van der Waals surface area contributed by atoms with Crippen molar-refractivity contribution >= 4 is 6.03 Å². The first-order valence-corrected chi connectivity index (χ1v) is 8.85. The topological polar surface area (TPSA) is 52.6 Å². The summed E-state index contributed by atoms with van der Waals surface area (Å²) in [6.07, 6.45) is 11.2. The lowest BCUT2D eigenvalue weighted by Crippen LogP contribution is -2.47. The van der Waals surface area contributed by atoms with Gasteiger partial charge in [0.15, 0.2) is 0 Å². The molecule has 1 saturated heterocycles. The fraction of sp³-hybridized carbons (Fsp3) is 0.941. The minimum Gasteiger partial charge on any atom is -0.396 e. The van der Waals surface area contributed by atoms with Crippen LogP contribution in [0.1, 0.15) is 64.7 Å². The Morgan fingerprint density at radius 1 is 1.14 bits per heavy atom. The molecule has 0 radical (unpaired) electrons. The van der Waals surface area contributed by atoms with Crippen molar-refractivity contribution in [2.24, 2.45) is 11.8 Å². The van der Waals surface area contributed by atoms with Crippen molar-refractivity contribution in [1.29, 1.82) is 0 Å². The molecule has 0 bridgehead atoms. The summed E-state index contributed by atoms with van der Waals surface area (Å²) >= 11 is 0. The van der Waals surface area contributed by atoms with E-state index in [1.165, 1.54) is 38.5 Å². The van der Waals surface area contributed by atoms with Gasteiger partial charge in [0.05, 0.1) is 0 Å². The van der Waals surface area contributed by atoms with Gasteiger partial charge in [0.25, 0.3) is 0 Å². The van der Waals surface area contributed by atoms with E-state index in [2.05, 4.69) is 12.2 Å². The largest absolute Gasteiger partial charge is 0.396 e. The van der Waals surface area contributed by atoms with Crippen LogP contribution >= 0.6 is 0 Å². The molecule has 2 amide bonds. The molecule has 4 nitrogen and oxygen atoms in total. The third kappa shape index (κ3) is 5.50. The van der Waals surface area contributed by atoms with Crippen LogP contribution in [0.4, 0.5) is 4.79 Å². The highest BCUT2D eigenvalue weighted by Gasteiger charge is 2.23. The van der Waals surface area contributed by atoms with E-state index >= 15 is 0 Å². The number of nitrogens with zero attached hydrogens (tertiary/aromatic N) is 1. The Morgan fingerprint density at radius 2 is 1.81 bits per heavy atom. The maximum atomic E-state index is 12.2. The number of carbonyl (C=O) groups is 1. The zero-order valence-corrected chi connectivity index (χ0v) is 13.5. The van der Waals surface area contributed by atoms with E-state index in [1.54, 1.807) is 0 Å². The van der Waals surface area contributed by atoms with Crippen LogP contribution in [0.15, 0.2) is 0 Å². The highest BCUT2D eigenvalue weighted by Crippen LogP contribution is 2.27. The number of amides is 2. The van der Waals surface area contributed by atoms with E-state index in [1.807, 2.05) is 4.90 Å². The Bertz CT molecular complexity index is 308. The third-order valence-electron chi connectivity index (χ3n) is 5.26. The second-order valence-corrected chi connectivity index (χ2v) is 7.04. The number of urea groups is 1. The number of rotatable bonds is 5. The van der Waals surface area contributed by atoms with Crippen LogP contribution in [0.3, 0.4) is 0 Å². The zero-order valence-electron chi connectivity index (χ0n) is 13.5. The summed E-state index contributed by atoms with van der Waals surface area (Å²) in [7, 11) is 0. The smallest absolute Gasteiger partial charge is 0.317 e. The van der Waals surface area contributed by atoms with E-state index in [-0.39, 0.29) is 18.7 Å². The number of aliphatic hydroxyl groups is 1. The van der Waals surface area contributed by atoms with Gasteiger partial charge in [0.2, 0.25) is 0 Å². The van der Waals surface area contributed by atoms with E-state index in [0.29, 0.717) is 5.92 Å². The van der Waals surface area contributed by atoms with Crippen LogP contribution in [-0.4, -0.2) is 41.8 Å². The van der Waals surface area contributed by atoms with Gasteiger partial charge in [0, 0.05) is 25.7 Å². The van der Waals surface area contributed by atoms with Crippen molar-refractivity contribution in [3.63, 3.8) is 0 Å². The second kappa shape index (κ2) is 8.62. The molecular formula is C17H32N2O2. The highest BCUT2D eigenvalue weighted by molar-refractivity contribution is 5.74. The molecule has 0 aromatic carbocycles. The fourth-order valence-corrected chi connectivity index (χ4v) is 3.65. The van der Waals surface area contributed by atoms with Crippen molar-refractivity contribution < 1.29 is 9.90 Å². The molecule has 4 heteroatoms. The average Bonchev–Trinajstić information content (AvgIpc) is 2.54. The maximum Gasteiger partial charge on any atom is 0.317 e. The molecule has 2 N–H and O–H groups in total. The lowest BCUT2D eigenvalue weighted by atomic mass is 9.85. The summed E-state index contributed by atoms with van der Waals surface area (Å²) < 4.78 is 0. The Hall–Kier alpha value is -0.770. The first-order valence-electron chi connectivity index (χ1n) is 8.85. The van der Waals surface area contributed by atoms with E-state index in [0.717, 1.165) is 38.3 Å². The molecule has 2 aliphatic rings. The lowest BCUT2D eigenvalue weighted by molar-refractivity contribution is 0.135. The molecule has 1 saturated carbocycles. The van der Waals surface area contributed by atoms with Crippen LogP contribution in [0.25, 0.3) is 0 Å². The molecule has 21 heavy (non-hydrogen) atoms. The third-order valence-corrected chi connectivity index (χ3v) is 5.26. The molecule has 0 spiro atoms. The zero-order chi connectivity index (χ0) is 15.1. The highest BCUT2D eigenvalue weighted by atomic mass is 16.3. The Balaban J connectivity index is 1.62. The van der Waals surface area contributed by atoms with Gasteiger partial charge >= 0.3 is 6.03 Å². The molecule has 2 fully saturated rings. The molecule has 1 aliphatic carbocycles. The van der Waals surface area contributed by atoms with Crippen molar-refractivity contribution in [3.8, 4) is 0 Å². The summed E-state index contributed by atoms with van der Waals surface area (Å²) in [6.45, 7) is 3.95. The van der Waals surface area contributed by atoms with Crippen LogP contribution in [0, 0.1) is 11.8 Å². The van der Waals surface area contributed by atoms with Crippen LogP contribution < -0.4 is 5.32 Å². The van der Waals surface area contributed by atoms with Gasteiger partial charge in [-0.3, -0.25) is 0 Å². The van der Waals surface area contributed by atoms with Gasteiger partial charge in [0.1, 0.15) is 0 Å². The van der Waals surface area contributed by atoms with Gasteiger partial charge in [-0.15, -0.1) is 0 Å². The standard InChI is InChI=1S/C17H32N2O2/c1-14(7-8-15-5-3-2-4-6-15)18-17(21)19-11-9-16(13-20)10-12-19/h14-16,20H,2-13H2,1H3,(H,18,21). The molecule has 122 valence electrons. The first kappa shape index (κ1) is 16.6. The molecule has 2 rings (SSSR count). The SMILES string of the molecule is CC(CCC1CCCCC1)NC(=O)N1CCC(CO)CC1. The summed E-state index contributed by atoms with van der Waals surface area (Å²) in [5, 5.41) is 12.3. The van der Waals surface area contributed by atoms with Gasteiger partial charge in [-0.25, -0.2) is 4.79 Å². The number of hydrogen-bond donors (Lipinski definition) is 2. The second-order valence-electron chi connectivity index (χ2n) is 7.04. The number of nitrogens with one attached hydrogen (secondary N) is 1. The normalized spacial score (nSPS) is 23.0. The average molecular weight is 296 g/mol. The Kier molecular flexibility index (Phi) is 6.81. The minimum absolute atomic E-state index is 0.0857. The maximum absolute atomic E-state index is 12.2. The van der Waals surface area contributed by atoms with E-state index < -0.39 is 0 Å². The molecule has 1 atom stereocenters. The van der Waals surface area contributed by atoms with Crippen LogP contribution in [-0.2, 0) is 0 Å². The molecule has 1 aliphatic heterocycles. The van der Waals surface area contributed by atoms with Gasteiger partial charge in [-0.1, -0.05) is 32.1 Å². The lowest BCUT2D eigenvalue weighted by Gasteiger charge is -2.32. The van der Waals surface area contributed by atoms with Crippen molar-refractivity contribution in [3.05, 3.63) is 0 Å². The van der Waals surface area contributed by atoms with Crippen LogP contribution in [0.5, 0.6) is 0 Å². The molecular weight excluding hydrogens is 264 g/mol. The van der Waals surface area contributed by atoms with Gasteiger partial charge in [-0.05, 0) is 44.4 Å². The fourth-order valence-electron chi connectivity index (χ4n) is 3.65. The molecule has 1 unspecified atom stereocenters. The van der Waals surface area contributed by atoms with Gasteiger partial charge < -0.3 is 15.3 Å². The number of carbonyl (C=O) groups excluding carboxylic acids is 1. The van der Waals surface area contributed by atoms with E-state index in [9.17, 15) is 4.79 Å². The van der Waals surface area contributed by atoms with Crippen LogP contribution in [0.2, 0.25) is 0 Å². The summed E-state index contributed by atoms with van der Waals surface area (Å²) in [5.41, 5.74) is 0. The quantitative estimate of drug-likeness (QED) is 0.819. The number of piperidine rings is 1. The Morgan fingerprint density at radius 3 is 2.43 bits per heavy atom. The van der Waals surface area contributed by atoms with Crippen molar-refractivity contribution in [2.45, 2.75) is 70.8 Å². The van der Waals surface area contributed by atoms with Crippen molar-refractivity contribution in [2.75, 3.05) is 19.7 Å². The van der Waals surface area contributed by atoms with E-state index in [4.69, 9.17) is 5.11 Å². The molecule has 1 heterocycles. The molecule has 0 aromatic heterocycles. The predicted molar refractivity (Wildman–Crippen MR) is 85.2 cm³/mol. The first-order chi connectivity index (χ1) is 10.2. The summed E-state index contributed by atoms with van der Waals surface area (Å²) in [4.78, 5) is 14.1. The van der Waals surface area contributed by atoms with Gasteiger partial charge in [-0.2, -0.15) is 0 Å². The van der Waals surface area contributed by atoms with Crippen molar-refractivity contribution in [1.82, 2.24) is 10.2 Å². The minimum atomic E-state index is 0.0857. The molecule has 0 aromatic rings.